The number of hydrogen-bond donors (Lipinski definition) is 2. The quantitative estimate of drug-likeness (QED) is 0.379. The second kappa shape index (κ2) is 9.02. The average Bonchev–Trinajstić information content (AvgIpc) is 2.24. The molecular formula is C9H20O6. The first-order valence-electron chi connectivity index (χ1n) is 4.86. The highest BCUT2D eigenvalue weighted by atomic mass is 16.8. The molecule has 2 N–H and O–H groups in total. The molecule has 0 rings (SSSR count). The summed E-state index contributed by atoms with van der Waals surface area (Å²) in [4.78, 5) is 0. The first-order chi connectivity index (χ1) is 7.18. The smallest absolute Gasteiger partial charge is 0.305 e. The van der Waals surface area contributed by atoms with Crippen molar-refractivity contribution in [2.75, 3.05) is 46.8 Å². The molecule has 0 radical (unpaired) electrons. The van der Waals surface area contributed by atoms with Gasteiger partial charge in [-0.1, -0.05) is 0 Å². The van der Waals surface area contributed by atoms with Gasteiger partial charge in [-0.2, -0.15) is 0 Å². The Labute approximate surface area is 89.7 Å². The van der Waals surface area contributed by atoms with E-state index >= 15 is 0 Å². The molecule has 0 spiro atoms. The Morgan fingerprint density at radius 3 is 2.33 bits per heavy atom. The fraction of sp³-hybridized carbons (Fsp3) is 1.00. The maximum absolute atomic E-state index is 9.57. The Balaban J connectivity index is 3.46. The summed E-state index contributed by atoms with van der Waals surface area (Å²) < 4.78 is 19.7. The van der Waals surface area contributed by atoms with Crippen LogP contribution in [0.15, 0.2) is 0 Å². The topological polar surface area (TPSA) is 77.4 Å². The van der Waals surface area contributed by atoms with Gasteiger partial charge in [0.1, 0.15) is 6.61 Å². The zero-order valence-electron chi connectivity index (χ0n) is 9.27. The summed E-state index contributed by atoms with van der Waals surface area (Å²) in [6.45, 7) is 2.92. The van der Waals surface area contributed by atoms with Gasteiger partial charge in [0.15, 0.2) is 0 Å². The largest absolute Gasteiger partial charge is 0.394 e. The van der Waals surface area contributed by atoms with Crippen molar-refractivity contribution in [3.63, 3.8) is 0 Å². The predicted molar refractivity (Wildman–Crippen MR) is 52.3 cm³/mol. The van der Waals surface area contributed by atoms with Gasteiger partial charge in [-0.25, -0.2) is 0 Å². The highest BCUT2D eigenvalue weighted by Gasteiger charge is 2.27. The van der Waals surface area contributed by atoms with Gasteiger partial charge < -0.3 is 29.2 Å². The van der Waals surface area contributed by atoms with Crippen LogP contribution in [-0.4, -0.2) is 62.9 Å². The van der Waals surface area contributed by atoms with Crippen LogP contribution in [0.2, 0.25) is 0 Å². The molecular weight excluding hydrogens is 204 g/mol. The van der Waals surface area contributed by atoms with Gasteiger partial charge in [0.25, 0.3) is 0 Å². The van der Waals surface area contributed by atoms with Gasteiger partial charge >= 0.3 is 5.97 Å². The molecule has 0 aliphatic rings. The minimum absolute atomic E-state index is 0.0129. The zero-order chi connectivity index (χ0) is 11.6. The van der Waals surface area contributed by atoms with E-state index in [9.17, 15) is 5.11 Å². The molecule has 15 heavy (non-hydrogen) atoms. The number of aliphatic hydroxyl groups is 2. The van der Waals surface area contributed by atoms with Gasteiger partial charge in [-0.05, 0) is 6.92 Å². The summed E-state index contributed by atoms with van der Waals surface area (Å²) in [7, 11) is 1.33. The van der Waals surface area contributed by atoms with Gasteiger partial charge in [-0.3, -0.25) is 0 Å². The van der Waals surface area contributed by atoms with Crippen molar-refractivity contribution in [2.45, 2.75) is 12.9 Å². The first kappa shape index (κ1) is 14.8. The molecule has 1 unspecified atom stereocenters. The number of rotatable bonds is 10. The van der Waals surface area contributed by atoms with Gasteiger partial charge in [-0.15, -0.1) is 0 Å². The molecule has 0 heterocycles. The van der Waals surface area contributed by atoms with Crippen LogP contribution in [0.25, 0.3) is 0 Å². The molecule has 0 bridgehead atoms. The Morgan fingerprint density at radius 2 is 1.80 bits per heavy atom. The molecule has 92 valence electrons. The van der Waals surface area contributed by atoms with Crippen molar-refractivity contribution in [1.82, 2.24) is 0 Å². The lowest BCUT2D eigenvalue weighted by Gasteiger charge is -2.25. The molecule has 0 aliphatic carbocycles. The standard InChI is InChI=1S/C9H20O6/c1-3-15-9(11,12-2)8-14-7-6-13-5-4-10/h10-11H,3-8H2,1-2H3. The first-order valence-corrected chi connectivity index (χ1v) is 4.86. The van der Waals surface area contributed by atoms with E-state index in [-0.39, 0.29) is 19.8 Å². The molecule has 0 aromatic carbocycles. The van der Waals surface area contributed by atoms with Crippen LogP contribution in [0.4, 0.5) is 0 Å². The van der Waals surface area contributed by atoms with Crippen molar-refractivity contribution < 1.29 is 29.2 Å². The Morgan fingerprint density at radius 1 is 1.13 bits per heavy atom. The maximum Gasteiger partial charge on any atom is 0.305 e. The summed E-state index contributed by atoms with van der Waals surface area (Å²) >= 11 is 0. The summed E-state index contributed by atoms with van der Waals surface area (Å²) in [6.07, 6.45) is 0. The van der Waals surface area contributed by atoms with Gasteiger partial charge in [0, 0.05) is 13.7 Å². The molecule has 0 fully saturated rings. The van der Waals surface area contributed by atoms with E-state index in [0.29, 0.717) is 19.8 Å². The lowest BCUT2D eigenvalue weighted by atomic mass is 10.5. The third kappa shape index (κ3) is 7.66. The molecule has 0 aromatic rings. The molecule has 0 amide bonds. The SMILES string of the molecule is CCOC(O)(COCCOCCO)OC. The summed E-state index contributed by atoms with van der Waals surface area (Å²) in [6, 6.07) is 0. The van der Waals surface area contributed by atoms with Crippen LogP contribution in [0.3, 0.4) is 0 Å². The molecule has 1 atom stereocenters. The van der Waals surface area contributed by atoms with Crippen LogP contribution in [-0.2, 0) is 18.9 Å². The van der Waals surface area contributed by atoms with Gasteiger partial charge in [0.05, 0.1) is 26.4 Å². The lowest BCUT2D eigenvalue weighted by Crippen LogP contribution is -2.40. The second-order valence-corrected chi connectivity index (χ2v) is 2.74. The fourth-order valence-corrected chi connectivity index (χ4v) is 0.871. The van der Waals surface area contributed by atoms with Crippen molar-refractivity contribution >= 4 is 0 Å². The lowest BCUT2D eigenvalue weighted by molar-refractivity contribution is -0.365. The van der Waals surface area contributed by atoms with Crippen LogP contribution in [0.5, 0.6) is 0 Å². The molecule has 0 aromatic heterocycles. The van der Waals surface area contributed by atoms with E-state index < -0.39 is 5.97 Å². The number of ether oxygens (including phenoxy) is 4. The number of aliphatic hydroxyl groups excluding tert-OH is 1. The summed E-state index contributed by atoms with van der Waals surface area (Å²) in [5, 5.41) is 18.0. The van der Waals surface area contributed by atoms with Crippen molar-refractivity contribution in [1.29, 1.82) is 0 Å². The van der Waals surface area contributed by atoms with Crippen LogP contribution in [0.1, 0.15) is 6.92 Å². The van der Waals surface area contributed by atoms with E-state index in [2.05, 4.69) is 0 Å². The molecule has 0 saturated heterocycles. The molecule has 6 nitrogen and oxygen atoms in total. The van der Waals surface area contributed by atoms with Crippen LogP contribution in [0, 0.1) is 0 Å². The van der Waals surface area contributed by atoms with E-state index in [0.717, 1.165) is 0 Å². The fourth-order valence-electron chi connectivity index (χ4n) is 0.871. The second-order valence-electron chi connectivity index (χ2n) is 2.74. The van der Waals surface area contributed by atoms with E-state index in [1.165, 1.54) is 7.11 Å². The Bertz CT molecular complexity index is 143. The van der Waals surface area contributed by atoms with E-state index in [4.69, 9.17) is 24.1 Å². The van der Waals surface area contributed by atoms with Crippen LogP contribution < -0.4 is 0 Å². The van der Waals surface area contributed by atoms with Gasteiger partial charge in [0.2, 0.25) is 0 Å². The maximum atomic E-state index is 9.57. The predicted octanol–water partition coefficient (Wildman–Crippen LogP) is -0.659. The number of hydrogen-bond acceptors (Lipinski definition) is 6. The molecule has 0 aliphatic heterocycles. The molecule has 6 heteroatoms. The van der Waals surface area contributed by atoms with E-state index in [1.54, 1.807) is 6.92 Å². The van der Waals surface area contributed by atoms with Crippen molar-refractivity contribution in [3.8, 4) is 0 Å². The number of methoxy groups -OCH3 is 1. The Hall–Kier alpha value is -0.240. The average molecular weight is 224 g/mol. The minimum Gasteiger partial charge on any atom is -0.394 e. The van der Waals surface area contributed by atoms with E-state index in [1.807, 2.05) is 0 Å². The highest BCUT2D eigenvalue weighted by Crippen LogP contribution is 2.07. The summed E-state index contributed by atoms with van der Waals surface area (Å²) in [5.74, 6) is -1.69. The Kier molecular flexibility index (Phi) is 8.88. The van der Waals surface area contributed by atoms with Crippen molar-refractivity contribution in [3.05, 3.63) is 0 Å². The molecule has 0 saturated carbocycles. The third-order valence-electron chi connectivity index (χ3n) is 1.58. The summed E-state index contributed by atoms with van der Waals surface area (Å²) in [5.41, 5.74) is 0. The van der Waals surface area contributed by atoms with Crippen molar-refractivity contribution in [2.24, 2.45) is 0 Å². The third-order valence-corrected chi connectivity index (χ3v) is 1.58. The highest BCUT2D eigenvalue weighted by molar-refractivity contribution is 4.50. The zero-order valence-corrected chi connectivity index (χ0v) is 9.27. The monoisotopic (exact) mass is 224 g/mol. The minimum atomic E-state index is -1.69. The normalized spacial score (nSPS) is 15.2. The van der Waals surface area contributed by atoms with Crippen LogP contribution >= 0.6 is 0 Å².